The number of aromatic nitrogens is 4. The molecule has 2 fully saturated rings. The van der Waals surface area contributed by atoms with Gasteiger partial charge in [-0.1, -0.05) is 0 Å². The molecule has 0 spiro atoms. The van der Waals surface area contributed by atoms with Crippen LogP contribution in [0.15, 0.2) is 24.7 Å². The van der Waals surface area contributed by atoms with Crippen LogP contribution in [0.25, 0.3) is 0 Å². The molecule has 1 aliphatic carbocycles. The van der Waals surface area contributed by atoms with E-state index in [2.05, 4.69) is 16.4 Å². The minimum atomic E-state index is 0.114. The molecule has 1 aliphatic heterocycles. The van der Waals surface area contributed by atoms with Crippen molar-refractivity contribution in [3.63, 3.8) is 0 Å². The maximum absolute atomic E-state index is 12.9. The van der Waals surface area contributed by atoms with Gasteiger partial charge in [-0.3, -0.25) is 14.2 Å². The first-order valence-corrected chi connectivity index (χ1v) is 8.56. The summed E-state index contributed by atoms with van der Waals surface area (Å²) in [5.41, 5.74) is 1.91. The first-order chi connectivity index (χ1) is 11.2. The predicted molar refractivity (Wildman–Crippen MR) is 86.3 cm³/mol. The summed E-state index contributed by atoms with van der Waals surface area (Å²) in [6.07, 6.45) is 11.3. The maximum atomic E-state index is 12.9. The lowest BCUT2D eigenvalue weighted by Crippen LogP contribution is -2.42. The van der Waals surface area contributed by atoms with Gasteiger partial charge in [-0.25, -0.2) is 0 Å². The molecule has 4 rings (SSSR count). The molecule has 2 aromatic heterocycles. The number of carbonyl (C=O) groups excluding carboxylic acids is 1. The molecule has 1 saturated heterocycles. The molecule has 1 unspecified atom stereocenters. The van der Waals surface area contributed by atoms with Gasteiger partial charge in [0.25, 0.3) is 5.91 Å². The number of rotatable bonds is 3. The van der Waals surface area contributed by atoms with Crippen molar-refractivity contribution in [2.45, 2.75) is 51.1 Å². The summed E-state index contributed by atoms with van der Waals surface area (Å²) < 4.78 is 3.95. The average Bonchev–Trinajstić information content (AvgIpc) is 3.14. The van der Waals surface area contributed by atoms with Gasteiger partial charge in [-0.15, -0.1) is 0 Å². The highest BCUT2D eigenvalue weighted by molar-refractivity contribution is 5.92. The van der Waals surface area contributed by atoms with Gasteiger partial charge < -0.3 is 4.90 Å². The number of hydrogen-bond donors (Lipinski definition) is 0. The molecule has 23 heavy (non-hydrogen) atoms. The Morgan fingerprint density at radius 2 is 2.00 bits per heavy atom. The van der Waals surface area contributed by atoms with Gasteiger partial charge in [0.05, 0.1) is 18.3 Å². The van der Waals surface area contributed by atoms with Crippen molar-refractivity contribution in [3.8, 4) is 0 Å². The van der Waals surface area contributed by atoms with E-state index in [1.165, 1.54) is 6.42 Å². The zero-order valence-electron chi connectivity index (χ0n) is 13.6. The van der Waals surface area contributed by atoms with Crippen molar-refractivity contribution >= 4 is 5.91 Å². The summed E-state index contributed by atoms with van der Waals surface area (Å²) in [6, 6.07) is 2.56. The smallest absolute Gasteiger partial charge is 0.272 e. The highest BCUT2D eigenvalue weighted by Gasteiger charge is 2.30. The molecule has 1 amide bonds. The van der Waals surface area contributed by atoms with E-state index in [1.54, 1.807) is 6.20 Å². The Balaban J connectivity index is 1.51. The average molecular weight is 313 g/mol. The van der Waals surface area contributed by atoms with Crippen LogP contribution in [0.1, 0.15) is 60.2 Å². The van der Waals surface area contributed by atoms with Gasteiger partial charge in [0.2, 0.25) is 0 Å². The first-order valence-electron chi connectivity index (χ1n) is 8.56. The molecule has 0 radical (unpaired) electrons. The Labute approximate surface area is 136 Å². The van der Waals surface area contributed by atoms with Crippen molar-refractivity contribution in [2.75, 3.05) is 13.1 Å². The van der Waals surface area contributed by atoms with Crippen LogP contribution < -0.4 is 0 Å². The second-order valence-electron chi connectivity index (χ2n) is 6.79. The van der Waals surface area contributed by atoms with Crippen LogP contribution in [0.2, 0.25) is 0 Å². The summed E-state index contributed by atoms with van der Waals surface area (Å²) >= 11 is 0. The maximum Gasteiger partial charge on any atom is 0.272 e. The molecule has 6 nitrogen and oxygen atoms in total. The summed E-state index contributed by atoms with van der Waals surface area (Å²) in [5.74, 6) is 0.114. The van der Waals surface area contributed by atoms with E-state index in [1.807, 2.05) is 33.5 Å². The monoisotopic (exact) mass is 313 g/mol. The highest BCUT2D eigenvalue weighted by atomic mass is 16.2. The summed E-state index contributed by atoms with van der Waals surface area (Å²) in [4.78, 5) is 14.9. The van der Waals surface area contributed by atoms with Crippen molar-refractivity contribution in [1.82, 2.24) is 24.5 Å². The summed E-state index contributed by atoms with van der Waals surface area (Å²) in [5, 5.41) is 8.81. The van der Waals surface area contributed by atoms with Gasteiger partial charge in [0.1, 0.15) is 5.69 Å². The molecular formula is C17H23N5O. The molecule has 0 aromatic carbocycles. The zero-order chi connectivity index (χ0) is 15.8. The van der Waals surface area contributed by atoms with Gasteiger partial charge in [0, 0.05) is 25.5 Å². The van der Waals surface area contributed by atoms with Crippen molar-refractivity contribution < 1.29 is 4.79 Å². The number of amides is 1. The Morgan fingerprint density at radius 1 is 1.17 bits per heavy atom. The van der Waals surface area contributed by atoms with Crippen LogP contribution in [0, 0.1) is 6.92 Å². The van der Waals surface area contributed by atoms with Gasteiger partial charge >= 0.3 is 0 Å². The van der Waals surface area contributed by atoms with E-state index < -0.39 is 0 Å². The molecule has 0 N–H and O–H groups in total. The summed E-state index contributed by atoms with van der Waals surface area (Å²) in [6.45, 7) is 3.60. The van der Waals surface area contributed by atoms with E-state index in [0.29, 0.717) is 6.04 Å². The van der Waals surface area contributed by atoms with Crippen molar-refractivity contribution in [1.29, 1.82) is 0 Å². The predicted octanol–water partition coefficient (Wildman–Crippen LogP) is 2.59. The molecule has 1 atom stereocenters. The van der Waals surface area contributed by atoms with E-state index >= 15 is 0 Å². The van der Waals surface area contributed by atoms with Crippen LogP contribution >= 0.6 is 0 Å². The number of nitrogens with zero attached hydrogens (tertiary/aromatic N) is 5. The SMILES string of the molecule is Cc1cnn(C2CCCN(C(=O)c3ccnn3C3CCC3)C2)c1. The third-order valence-corrected chi connectivity index (χ3v) is 5.10. The molecular weight excluding hydrogens is 290 g/mol. The Hall–Kier alpha value is -2.11. The molecule has 2 aromatic rings. The fourth-order valence-corrected chi connectivity index (χ4v) is 3.56. The number of piperidine rings is 1. The van der Waals surface area contributed by atoms with Crippen LogP contribution in [0.3, 0.4) is 0 Å². The largest absolute Gasteiger partial charge is 0.335 e. The lowest BCUT2D eigenvalue weighted by Gasteiger charge is -2.34. The minimum Gasteiger partial charge on any atom is -0.335 e. The van der Waals surface area contributed by atoms with E-state index in [0.717, 1.165) is 50.0 Å². The van der Waals surface area contributed by atoms with Gasteiger partial charge in [-0.2, -0.15) is 10.2 Å². The molecule has 2 aliphatic rings. The molecule has 122 valence electrons. The molecule has 0 bridgehead atoms. The normalized spacial score (nSPS) is 22.1. The van der Waals surface area contributed by atoms with Crippen LogP contribution in [-0.2, 0) is 0 Å². The highest BCUT2D eigenvalue weighted by Crippen LogP contribution is 2.32. The number of aryl methyl sites for hydroxylation is 1. The van der Waals surface area contributed by atoms with Crippen LogP contribution in [0.4, 0.5) is 0 Å². The number of hydrogen-bond acceptors (Lipinski definition) is 3. The first kappa shape index (κ1) is 14.5. The number of carbonyl (C=O) groups is 1. The molecule has 6 heteroatoms. The topological polar surface area (TPSA) is 56.0 Å². The van der Waals surface area contributed by atoms with Crippen LogP contribution in [0.5, 0.6) is 0 Å². The lowest BCUT2D eigenvalue weighted by atomic mass is 9.93. The fourth-order valence-electron chi connectivity index (χ4n) is 3.56. The van der Waals surface area contributed by atoms with Gasteiger partial charge in [-0.05, 0) is 50.7 Å². The van der Waals surface area contributed by atoms with E-state index in [4.69, 9.17) is 0 Å². The second kappa shape index (κ2) is 5.83. The Morgan fingerprint density at radius 3 is 2.70 bits per heavy atom. The van der Waals surface area contributed by atoms with Crippen molar-refractivity contribution in [2.24, 2.45) is 0 Å². The quantitative estimate of drug-likeness (QED) is 0.875. The van der Waals surface area contributed by atoms with E-state index in [9.17, 15) is 4.79 Å². The second-order valence-corrected chi connectivity index (χ2v) is 6.79. The van der Waals surface area contributed by atoms with E-state index in [-0.39, 0.29) is 11.9 Å². The Bertz CT molecular complexity index is 699. The molecule has 3 heterocycles. The fraction of sp³-hybridized carbons (Fsp3) is 0.588. The zero-order valence-corrected chi connectivity index (χ0v) is 13.6. The summed E-state index contributed by atoms with van der Waals surface area (Å²) in [7, 11) is 0. The van der Waals surface area contributed by atoms with Crippen molar-refractivity contribution in [3.05, 3.63) is 35.9 Å². The van der Waals surface area contributed by atoms with Gasteiger partial charge in [0.15, 0.2) is 0 Å². The standard InChI is InChI=1S/C17H23N5O/c1-13-10-19-21(11-13)15-6-3-9-20(12-15)17(23)16-7-8-18-22(16)14-4-2-5-14/h7-8,10-11,14-15H,2-6,9,12H2,1H3. The third-order valence-electron chi connectivity index (χ3n) is 5.10. The minimum absolute atomic E-state index is 0.114. The lowest BCUT2D eigenvalue weighted by molar-refractivity contribution is 0.0653. The number of likely N-dealkylation sites (tertiary alicyclic amines) is 1. The van der Waals surface area contributed by atoms with Crippen LogP contribution in [-0.4, -0.2) is 43.5 Å². The molecule has 1 saturated carbocycles. The third kappa shape index (κ3) is 2.66. The Kier molecular flexibility index (Phi) is 3.67.